The number of tetrazole rings is 1. The first-order valence-corrected chi connectivity index (χ1v) is 7.09. The number of aromatic nitrogens is 4. The van der Waals surface area contributed by atoms with E-state index < -0.39 is 0 Å². The van der Waals surface area contributed by atoms with Gasteiger partial charge in [-0.1, -0.05) is 36.4 Å². The van der Waals surface area contributed by atoms with Gasteiger partial charge in [0.1, 0.15) is 0 Å². The van der Waals surface area contributed by atoms with Gasteiger partial charge in [-0.25, -0.2) is 0 Å². The van der Waals surface area contributed by atoms with Crippen molar-refractivity contribution < 1.29 is 0 Å². The summed E-state index contributed by atoms with van der Waals surface area (Å²) in [4.78, 5) is 0. The van der Waals surface area contributed by atoms with Gasteiger partial charge in [0.25, 0.3) is 0 Å². The molecule has 0 amide bonds. The molecule has 0 radical (unpaired) electrons. The van der Waals surface area contributed by atoms with Gasteiger partial charge < -0.3 is 5.32 Å². The van der Waals surface area contributed by atoms with E-state index in [1.807, 2.05) is 30.3 Å². The Morgan fingerprint density at radius 2 is 1.90 bits per heavy atom. The van der Waals surface area contributed by atoms with Crippen LogP contribution in [-0.4, -0.2) is 26.8 Å². The molecule has 0 bridgehead atoms. The monoisotopic (exact) mass is 277 g/mol. The molecule has 5 heteroatoms. The van der Waals surface area contributed by atoms with Crippen molar-refractivity contribution in [2.24, 2.45) is 0 Å². The molecule has 1 N–H and O–H groups in total. The Balaban J connectivity index is 1.88. The van der Waals surface area contributed by atoms with Gasteiger partial charge >= 0.3 is 0 Å². The van der Waals surface area contributed by atoms with Crippen molar-refractivity contribution >= 4 is 0 Å². The van der Waals surface area contributed by atoms with Crippen LogP contribution in [0.1, 0.15) is 11.1 Å². The second kappa shape index (κ2) is 5.10. The van der Waals surface area contributed by atoms with E-state index in [2.05, 4.69) is 39.0 Å². The second-order valence-electron chi connectivity index (χ2n) is 5.12. The molecule has 0 fully saturated rings. The van der Waals surface area contributed by atoms with Gasteiger partial charge in [-0.15, -0.1) is 5.10 Å². The van der Waals surface area contributed by atoms with E-state index in [1.54, 1.807) is 4.68 Å². The Labute approximate surface area is 122 Å². The van der Waals surface area contributed by atoms with Gasteiger partial charge in [0.15, 0.2) is 5.82 Å². The maximum absolute atomic E-state index is 4.25. The smallest absolute Gasteiger partial charge is 0.187 e. The number of nitrogens with zero attached hydrogens (tertiary/aromatic N) is 4. The number of hydrogen-bond donors (Lipinski definition) is 1. The van der Waals surface area contributed by atoms with Crippen LogP contribution in [0.3, 0.4) is 0 Å². The summed E-state index contributed by atoms with van der Waals surface area (Å²) in [5.41, 5.74) is 4.79. The lowest BCUT2D eigenvalue weighted by atomic mass is 9.95. The summed E-state index contributed by atoms with van der Waals surface area (Å²) < 4.78 is 1.80. The summed E-state index contributed by atoms with van der Waals surface area (Å²) in [6.45, 7) is 1.91. The summed E-state index contributed by atoms with van der Waals surface area (Å²) >= 11 is 0. The molecule has 1 aromatic heterocycles. The molecule has 0 unspecified atom stereocenters. The lowest BCUT2D eigenvalue weighted by molar-refractivity contribution is 0.644. The standard InChI is InChI=1S/C16H15N5/c1-2-6-13(7-3-1)21-16(18-19-20-21)15-8-4-5-12-11-17-10-9-14(12)15/h1-8,17H,9-11H2. The number of rotatable bonds is 2. The average Bonchev–Trinajstić information content (AvgIpc) is 3.04. The molecule has 104 valence electrons. The van der Waals surface area contributed by atoms with Crippen LogP contribution in [0.2, 0.25) is 0 Å². The van der Waals surface area contributed by atoms with Crippen molar-refractivity contribution in [3.8, 4) is 17.1 Å². The number of benzene rings is 2. The van der Waals surface area contributed by atoms with Crippen molar-refractivity contribution in [2.75, 3.05) is 6.54 Å². The first-order chi connectivity index (χ1) is 10.4. The summed E-state index contributed by atoms with van der Waals surface area (Å²) in [6.07, 6.45) is 1.01. The van der Waals surface area contributed by atoms with Crippen LogP contribution in [0, 0.1) is 0 Å². The van der Waals surface area contributed by atoms with Gasteiger partial charge in [0.2, 0.25) is 0 Å². The minimum absolute atomic E-state index is 0.806. The first kappa shape index (κ1) is 12.2. The first-order valence-electron chi connectivity index (χ1n) is 7.09. The molecule has 21 heavy (non-hydrogen) atoms. The molecule has 0 aliphatic carbocycles. The minimum atomic E-state index is 0.806. The van der Waals surface area contributed by atoms with E-state index >= 15 is 0 Å². The number of nitrogens with one attached hydrogen (secondary N) is 1. The quantitative estimate of drug-likeness (QED) is 0.778. The molecule has 1 aliphatic rings. The zero-order valence-corrected chi connectivity index (χ0v) is 11.5. The van der Waals surface area contributed by atoms with Crippen molar-refractivity contribution in [2.45, 2.75) is 13.0 Å². The zero-order valence-electron chi connectivity index (χ0n) is 11.5. The highest BCUT2D eigenvalue weighted by atomic mass is 15.5. The molecule has 0 saturated carbocycles. The fourth-order valence-corrected chi connectivity index (χ4v) is 2.84. The molecule has 0 saturated heterocycles. The predicted molar refractivity (Wildman–Crippen MR) is 80.0 cm³/mol. The molecule has 2 heterocycles. The molecule has 0 atom stereocenters. The van der Waals surface area contributed by atoms with E-state index in [4.69, 9.17) is 0 Å². The lowest BCUT2D eigenvalue weighted by Crippen LogP contribution is -2.24. The summed E-state index contributed by atoms with van der Waals surface area (Å²) in [5.74, 6) is 0.806. The van der Waals surface area contributed by atoms with E-state index in [-0.39, 0.29) is 0 Å². The zero-order chi connectivity index (χ0) is 14.1. The van der Waals surface area contributed by atoms with Crippen LogP contribution in [0.5, 0.6) is 0 Å². The Bertz CT molecular complexity index is 763. The number of fused-ring (bicyclic) bond motifs is 1. The highest BCUT2D eigenvalue weighted by molar-refractivity contribution is 5.64. The Morgan fingerprint density at radius 1 is 1.00 bits per heavy atom. The SMILES string of the molecule is c1ccc(-n2nnnc2-c2cccc3c2CCNC3)cc1. The Hall–Kier alpha value is -2.53. The molecular formula is C16H15N5. The summed E-state index contributed by atoms with van der Waals surface area (Å²) in [6, 6.07) is 16.3. The predicted octanol–water partition coefficient (Wildman–Crippen LogP) is 1.97. The topological polar surface area (TPSA) is 55.6 Å². The van der Waals surface area contributed by atoms with Crippen LogP contribution >= 0.6 is 0 Å². The van der Waals surface area contributed by atoms with Crippen molar-refractivity contribution in [3.05, 3.63) is 59.7 Å². The van der Waals surface area contributed by atoms with Crippen molar-refractivity contribution in [1.29, 1.82) is 0 Å². The maximum Gasteiger partial charge on any atom is 0.187 e. The fourth-order valence-electron chi connectivity index (χ4n) is 2.84. The molecule has 0 spiro atoms. The Morgan fingerprint density at radius 3 is 2.81 bits per heavy atom. The number of hydrogen-bond acceptors (Lipinski definition) is 4. The van der Waals surface area contributed by atoms with E-state index in [0.717, 1.165) is 36.6 Å². The summed E-state index contributed by atoms with van der Waals surface area (Å²) in [5, 5.41) is 15.7. The molecule has 5 nitrogen and oxygen atoms in total. The molecule has 2 aromatic carbocycles. The van der Waals surface area contributed by atoms with Gasteiger partial charge in [-0.3, -0.25) is 0 Å². The minimum Gasteiger partial charge on any atom is -0.312 e. The van der Waals surface area contributed by atoms with E-state index in [9.17, 15) is 0 Å². The molecule has 1 aliphatic heterocycles. The highest BCUT2D eigenvalue weighted by Crippen LogP contribution is 2.27. The van der Waals surface area contributed by atoms with Crippen LogP contribution in [0.15, 0.2) is 48.5 Å². The van der Waals surface area contributed by atoms with E-state index in [1.165, 1.54) is 11.1 Å². The van der Waals surface area contributed by atoms with Gasteiger partial charge in [-0.05, 0) is 46.7 Å². The third-order valence-electron chi connectivity index (χ3n) is 3.85. The lowest BCUT2D eigenvalue weighted by Gasteiger charge is -2.19. The summed E-state index contributed by atoms with van der Waals surface area (Å²) in [7, 11) is 0. The highest BCUT2D eigenvalue weighted by Gasteiger charge is 2.18. The average molecular weight is 277 g/mol. The Kier molecular flexibility index (Phi) is 2.97. The van der Waals surface area contributed by atoms with Gasteiger partial charge in [-0.2, -0.15) is 4.68 Å². The van der Waals surface area contributed by atoms with Gasteiger partial charge in [0, 0.05) is 12.1 Å². The van der Waals surface area contributed by atoms with Crippen LogP contribution in [0.4, 0.5) is 0 Å². The third-order valence-corrected chi connectivity index (χ3v) is 3.85. The fraction of sp³-hybridized carbons (Fsp3) is 0.188. The normalized spacial score (nSPS) is 13.9. The maximum atomic E-state index is 4.25. The van der Waals surface area contributed by atoms with Crippen molar-refractivity contribution in [1.82, 2.24) is 25.5 Å². The molecular weight excluding hydrogens is 262 g/mol. The van der Waals surface area contributed by atoms with E-state index in [0.29, 0.717) is 0 Å². The van der Waals surface area contributed by atoms with Crippen LogP contribution in [0.25, 0.3) is 17.1 Å². The molecule has 4 rings (SSSR count). The number of para-hydroxylation sites is 1. The third kappa shape index (κ3) is 2.11. The second-order valence-corrected chi connectivity index (χ2v) is 5.12. The molecule has 3 aromatic rings. The van der Waals surface area contributed by atoms with Crippen molar-refractivity contribution in [3.63, 3.8) is 0 Å². The van der Waals surface area contributed by atoms with Gasteiger partial charge in [0.05, 0.1) is 5.69 Å². The van der Waals surface area contributed by atoms with Crippen LogP contribution in [-0.2, 0) is 13.0 Å². The largest absolute Gasteiger partial charge is 0.312 e. The van der Waals surface area contributed by atoms with Crippen LogP contribution < -0.4 is 5.32 Å².